The van der Waals surface area contributed by atoms with Gasteiger partial charge in [-0.3, -0.25) is 13.7 Å². The molecule has 0 saturated carbocycles. The van der Waals surface area contributed by atoms with E-state index in [1.807, 2.05) is 22.7 Å². The molecule has 6 aromatic heterocycles. The van der Waals surface area contributed by atoms with E-state index in [9.17, 15) is 0 Å². The number of thiophene rings is 2. The highest BCUT2D eigenvalue weighted by molar-refractivity contribution is 7.26. The van der Waals surface area contributed by atoms with E-state index in [1.165, 1.54) is 51.5 Å². The summed E-state index contributed by atoms with van der Waals surface area (Å²) in [5.74, 6) is 1.60. The zero-order chi connectivity index (χ0) is 46.3. The standard InChI is InChI=1S/C63H36N6S2/c1-7-31-51-37(17-1)38-18-2-8-32-52(38)67(51)61-64-62(68-53-33-9-3-19-39(53)43-23-13-25-45(57(43)68)49-29-15-27-47-41-21-5-11-35-55(41)70-59(47)49)66-63(65-61)69-54-34-10-4-20-40(54)44-24-14-26-46(58(44)69)50-30-16-28-48-42-22-6-12-36-56(42)71-60(48)50/h1-36H. The number of fused-ring (bicyclic) bond motifs is 15. The van der Waals surface area contributed by atoms with Gasteiger partial charge < -0.3 is 0 Å². The molecule has 6 heterocycles. The molecular weight excluding hydrogens is 905 g/mol. The van der Waals surface area contributed by atoms with Gasteiger partial charge in [0.05, 0.1) is 33.1 Å². The summed E-state index contributed by atoms with van der Waals surface area (Å²) in [7, 11) is 0. The molecule has 6 nitrogen and oxygen atoms in total. The first-order chi connectivity index (χ1) is 35.2. The quantitative estimate of drug-likeness (QED) is 0.173. The average molecular weight is 941 g/mol. The van der Waals surface area contributed by atoms with Gasteiger partial charge in [-0.1, -0.05) is 182 Å². The molecule has 16 rings (SSSR count). The first-order valence-corrected chi connectivity index (χ1v) is 25.5. The summed E-state index contributed by atoms with van der Waals surface area (Å²) in [5.41, 5.74) is 10.8. The zero-order valence-corrected chi connectivity index (χ0v) is 39.4. The van der Waals surface area contributed by atoms with Gasteiger partial charge in [-0.2, -0.15) is 15.0 Å². The molecule has 0 N–H and O–H groups in total. The van der Waals surface area contributed by atoms with Gasteiger partial charge in [-0.25, -0.2) is 0 Å². The minimum atomic E-state index is 0.532. The molecule has 0 fully saturated rings. The maximum Gasteiger partial charge on any atom is 0.241 e. The Labute approximate surface area is 413 Å². The number of rotatable bonds is 5. The molecule has 0 aliphatic carbocycles. The maximum absolute atomic E-state index is 5.75. The predicted molar refractivity (Wildman–Crippen MR) is 299 cm³/mol. The Kier molecular flexibility index (Phi) is 8.11. The fraction of sp³-hybridized carbons (Fsp3) is 0. The highest BCUT2D eigenvalue weighted by Gasteiger charge is 2.26. The Morgan fingerprint density at radius 3 is 0.958 bits per heavy atom. The lowest BCUT2D eigenvalue weighted by Crippen LogP contribution is -2.13. The van der Waals surface area contributed by atoms with E-state index in [0.717, 1.165) is 76.5 Å². The summed E-state index contributed by atoms with van der Waals surface area (Å²) in [4.78, 5) is 17.1. The molecule has 0 unspecified atom stereocenters. The second-order valence-corrected chi connectivity index (χ2v) is 20.4. The van der Waals surface area contributed by atoms with Crippen molar-refractivity contribution < 1.29 is 0 Å². The minimum absolute atomic E-state index is 0.532. The van der Waals surface area contributed by atoms with E-state index in [0.29, 0.717) is 17.8 Å². The van der Waals surface area contributed by atoms with Gasteiger partial charge in [0.15, 0.2) is 0 Å². The summed E-state index contributed by atoms with van der Waals surface area (Å²) in [6.07, 6.45) is 0. The highest BCUT2D eigenvalue weighted by atomic mass is 32.1. The Hall–Kier alpha value is -8.95. The van der Waals surface area contributed by atoms with Crippen LogP contribution in [0.15, 0.2) is 218 Å². The fourth-order valence-corrected chi connectivity index (χ4v) is 14.0. The van der Waals surface area contributed by atoms with E-state index < -0.39 is 0 Å². The predicted octanol–water partition coefficient (Wildman–Crippen LogP) is 17.2. The van der Waals surface area contributed by atoms with Crippen molar-refractivity contribution in [1.29, 1.82) is 0 Å². The summed E-state index contributed by atoms with van der Waals surface area (Å²) in [6.45, 7) is 0. The molecule has 0 atom stereocenters. The smallest absolute Gasteiger partial charge is 0.241 e. The molecule has 8 heteroatoms. The van der Waals surface area contributed by atoms with Crippen molar-refractivity contribution in [2.75, 3.05) is 0 Å². The van der Waals surface area contributed by atoms with Crippen LogP contribution in [0, 0.1) is 0 Å². The van der Waals surface area contributed by atoms with Gasteiger partial charge in [0.1, 0.15) is 0 Å². The van der Waals surface area contributed by atoms with E-state index in [4.69, 9.17) is 15.0 Å². The second kappa shape index (κ2) is 14.8. The number of hydrogen-bond donors (Lipinski definition) is 0. The fourth-order valence-electron chi connectivity index (χ4n) is 11.6. The average Bonchev–Trinajstić information content (AvgIpc) is 4.25. The number of aromatic nitrogens is 6. The first kappa shape index (κ1) is 39.0. The van der Waals surface area contributed by atoms with E-state index in [-0.39, 0.29) is 0 Å². The highest BCUT2D eigenvalue weighted by Crippen LogP contribution is 2.47. The van der Waals surface area contributed by atoms with Crippen molar-refractivity contribution in [3.63, 3.8) is 0 Å². The minimum Gasteiger partial charge on any atom is -0.278 e. The zero-order valence-electron chi connectivity index (χ0n) is 37.8. The van der Waals surface area contributed by atoms with Crippen molar-refractivity contribution in [1.82, 2.24) is 28.7 Å². The molecule has 0 amide bonds. The van der Waals surface area contributed by atoms with Crippen LogP contribution in [0.3, 0.4) is 0 Å². The number of benzene rings is 10. The molecule has 71 heavy (non-hydrogen) atoms. The maximum atomic E-state index is 5.75. The molecule has 0 aliphatic rings. The number of hydrogen-bond acceptors (Lipinski definition) is 5. The summed E-state index contributed by atoms with van der Waals surface area (Å²) < 4.78 is 11.9. The Bertz CT molecular complexity index is 4610. The SMILES string of the molecule is c1ccc2c(c1)sc1c(-c3cccc4c5ccccc5n(-c5nc(-n6c7ccccc7c7ccccc76)nc(-n6c7ccccc7c7cccc(-c8cccc9c8sc8ccccc89)c76)n5)c34)cccc12. The molecule has 0 bridgehead atoms. The monoisotopic (exact) mass is 940 g/mol. The van der Waals surface area contributed by atoms with E-state index >= 15 is 0 Å². The Morgan fingerprint density at radius 1 is 0.239 bits per heavy atom. The largest absolute Gasteiger partial charge is 0.278 e. The molecule has 0 saturated heterocycles. The topological polar surface area (TPSA) is 53.5 Å². The second-order valence-electron chi connectivity index (χ2n) is 18.3. The molecule has 0 spiro atoms. The van der Waals surface area contributed by atoms with Crippen LogP contribution in [-0.4, -0.2) is 28.7 Å². The van der Waals surface area contributed by atoms with Gasteiger partial charge in [0, 0.05) is 94.9 Å². The van der Waals surface area contributed by atoms with Crippen LogP contribution in [0.4, 0.5) is 0 Å². The van der Waals surface area contributed by atoms with Gasteiger partial charge in [-0.15, -0.1) is 22.7 Å². The van der Waals surface area contributed by atoms with Gasteiger partial charge >= 0.3 is 0 Å². The number of nitrogens with zero attached hydrogens (tertiary/aromatic N) is 6. The van der Waals surface area contributed by atoms with Crippen LogP contribution in [-0.2, 0) is 0 Å². The lowest BCUT2D eigenvalue weighted by Gasteiger charge is -2.16. The van der Waals surface area contributed by atoms with Crippen LogP contribution in [0.5, 0.6) is 0 Å². The third-order valence-electron chi connectivity index (χ3n) is 14.6. The molecule has 10 aromatic carbocycles. The third-order valence-corrected chi connectivity index (χ3v) is 17.0. The van der Waals surface area contributed by atoms with E-state index in [2.05, 4.69) is 232 Å². The summed E-state index contributed by atoms with van der Waals surface area (Å²) >= 11 is 3.70. The van der Waals surface area contributed by atoms with Crippen LogP contribution in [0.1, 0.15) is 0 Å². The Morgan fingerprint density at radius 2 is 0.535 bits per heavy atom. The van der Waals surface area contributed by atoms with Crippen molar-refractivity contribution in [3.8, 4) is 40.1 Å². The molecule has 0 radical (unpaired) electrons. The van der Waals surface area contributed by atoms with Crippen LogP contribution < -0.4 is 0 Å². The molecule has 330 valence electrons. The van der Waals surface area contributed by atoms with Crippen LogP contribution >= 0.6 is 22.7 Å². The first-order valence-electron chi connectivity index (χ1n) is 23.9. The molecule has 0 aliphatic heterocycles. The normalized spacial score (nSPS) is 12.2. The van der Waals surface area contributed by atoms with Crippen molar-refractivity contribution in [3.05, 3.63) is 218 Å². The van der Waals surface area contributed by atoms with Gasteiger partial charge in [0.25, 0.3) is 0 Å². The summed E-state index contributed by atoms with van der Waals surface area (Å²) in [6, 6.07) is 78.8. The summed E-state index contributed by atoms with van der Waals surface area (Å²) in [5, 5.41) is 11.9. The Balaban J connectivity index is 1.06. The van der Waals surface area contributed by atoms with E-state index in [1.54, 1.807) is 0 Å². The molecular formula is C63H36N6S2. The lowest BCUT2D eigenvalue weighted by molar-refractivity contribution is 0.848. The van der Waals surface area contributed by atoms with Crippen molar-refractivity contribution in [2.45, 2.75) is 0 Å². The van der Waals surface area contributed by atoms with Crippen molar-refractivity contribution >= 4 is 128 Å². The van der Waals surface area contributed by atoms with Crippen molar-refractivity contribution in [2.24, 2.45) is 0 Å². The molecule has 16 aromatic rings. The third kappa shape index (κ3) is 5.48. The van der Waals surface area contributed by atoms with Crippen LogP contribution in [0.25, 0.3) is 146 Å². The van der Waals surface area contributed by atoms with Crippen LogP contribution in [0.2, 0.25) is 0 Å². The van der Waals surface area contributed by atoms with Gasteiger partial charge in [0.2, 0.25) is 17.8 Å². The van der Waals surface area contributed by atoms with Gasteiger partial charge in [-0.05, 0) is 36.4 Å². The number of para-hydroxylation sites is 6. The lowest BCUT2D eigenvalue weighted by atomic mass is 10.00.